The lowest BCUT2D eigenvalue weighted by molar-refractivity contribution is -0.138. The van der Waals surface area contributed by atoms with Gasteiger partial charge in [0.1, 0.15) is 0 Å². The fraction of sp³-hybridized carbons (Fsp3) is 1.00. The minimum absolute atomic E-state index is 0.0606. The zero-order valence-corrected chi connectivity index (χ0v) is 10.2. The second kappa shape index (κ2) is 7.18. The maximum Gasteiger partial charge on any atom is 0.390 e. The quantitative estimate of drug-likeness (QED) is 0.747. The van der Waals surface area contributed by atoms with E-state index in [1.807, 2.05) is 4.90 Å². The third kappa shape index (κ3) is 6.85. The first kappa shape index (κ1) is 14.7. The lowest BCUT2D eigenvalue weighted by Gasteiger charge is -2.25. The number of rotatable bonds is 7. The summed E-state index contributed by atoms with van der Waals surface area (Å²) in [6.07, 6.45) is -2.66. The van der Waals surface area contributed by atoms with Crippen molar-refractivity contribution in [3.8, 4) is 0 Å². The van der Waals surface area contributed by atoms with Crippen LogP contribution in [0.5, 0.6) is 0 Å². The van der Waals surface area contributed by atoms with Crippen LogP contribution in [0.2, 0.25) is 0 Å². The predicted octanol–water partition coefficient (Wildman–Crippen LogP) is 1.64. The first-order valence-corrected chi connectivity index (χ1v) is 6.02. The summed E-state index contributed by atoms with van der Waals surface area (Å²) in [5.41, 5.74) is 0. The summed E-state index contributed by atoms with van der Waals surface area (Å²) in [4.78, 5) is 1.83. The second-order valence-corrected chi connectivity index (χ2v) is 4.45. The van der Waals surface area contributed by atoms with Crippen LogP contribution in [0.15, 0.2) is 0 Å². The molecular formula is C11H21F3N2O. The largest absolute Gasteiger partial charge is 0.390 e. The van der Waals surface area contributed by atoms with Gasteiger partial charge in [0, 0.05) is 32.8 Å². The normalized spacial score (nSPS) is 21.4. The van der Waals surface area contributed by atoms with E-state index >= 15 is 0 Å². The Labute approximate surface area is 100 Å². The molecule has 1 saturated heterocycles. The minimum Gasteiger partial charge on any atom is -0.383 e. The van der Waals surface area contributed by atoms with Gasteiger partial charge in [-0.3, -0.25) is 4.90 Å². The number of ether oxygens (including phenoxy) is 1. The lowest BCUT2D eigenvalue weighted by atomic mass is 10.2. The van der Waals surface area contributed by atoms with Crippen molar-refractivity contribution in [3.63, 3.8) is 0 Å². The Balaban J connectivity index is 2.30. The first-order valence-electron chi connectivity index (χ1n) is 6.02. The monoisotopic (exact) mass is 254 g/mol. The molecule has 1 heterocycles. The van der Waals surface area contributed by atoms with Crippen LogP contribution in [0.3, 0.4) is 0 Å². The summed E-state index contributed by atoms with van der Waals surface area (Å²) in [6.45, 7) is 2.75. The van der Waals surface area contributed by atoms with Crippen molar-refractivity contribution in [2.24, 2.45) is 0 Å². The molecule has 1 aliphatic rings. The van der Waals surface area contributed by atoms with E-state index in [4.69, 9.17) is 4.74 Å². The van der Waals surface area contributed by atoms with Gasteiger partial charge in [0.25, 0.3) is 0 Å². The number of halogens is 3. The Kier molecular flexibility index (Phi) is 6.22. The van der Waals surface area contributed by atoms with Crippen LogP contribution >= 0.6 is 0 Å². The van der Waals surface area contributed by atoms with Gasteiger partial charge in [-0.1, -0.05) is 0 Å². The summed E-state index contributed by atoms with van der Waals surface area (Å²) < 4.78 is 41.5. The molecule has 0 saturated carbocycles. The second-order valence-electron chi connectivity index (χ2n) is 4.45. The Hall–Kier alpha value is -0.330. The fourth-order valence-corrected chi connectivity index (χ4v) is 2.02. The maximum atomic E-state index is 12.2. The van der Waals surface area contributed by atoms with Crippen molar-refractivity contribution in [2.75, 3.05) is 39.9 Å². The van der Waals surface area contributed by atoms with E-state index in [-0.39, 0.29) is 6.54 Å². The number of hydrogen-bond donors (Lipinski definition) is 1. The Morgan fingerprint density at radius 2 is 2.12 bits per heavy atom. The average molecular weight is 254 g/mol. The Morgan fingerprint density at radius 1 is 1.35 bits per heavy atom. The molecule has 0 aromatic heterocycles. The molecule has 1 N–H and O–H groups in total. The van der Waals surface area contributed by atoms with Gasteiger partial charge in [-0.2, -0.15) is 13.2 Å². The van der Waals surface area contributed by atoms with E-state index in [2.05, 4.69) is 5.32 Å². The van der Waals surface area contributed by atoms with E-state index in [0.717, 1.165) is 19.4 Å². The molecule has 3 nitrogen and oxygen atoms in total. The molecule has 1 fully saturated rings. The Morgan fingerprint density at radius 3 is 2.65 bits per heavy atom. The van der Waals surface area contributed by atoms with Crippen LogP contribution in [-0.4, -0.2) is 57.0 Å². The predicted molar refractivity (Wildman–Crippen MR) is 60.0 cm³/mol. The maximum absolute atomic E-state index is 12.2. The van der Waals surface area contributed by atoms with Gasteiger partial charge >= 0.3 is 6.18 Å². The van der Waals surface area contributed by atoms with Crippen molar-refractivity contribution in [2.45, 2.75) is 31.5 Å². The molecule has 1 aliphatic heterocycles. The third-order valence-corrected chi connectivity index (χ3v) is 2.96. The minimum atomic E-state index is -4.07. The summed E-state index contributed by atoms with van der Waals surface area (Å²) in [6, 6.07) is 0.333. The SMILES string of the molecule is COCCN(CCC(F)(F)F)CC1CCCN1. The molecule has 0 amide bonds. The first-order chi connectivity index (χ1) is 8.01. The van der Waals surface area contributed by atoms with Crippen LogP contribution in [0.25, 0.3) is 0 Å². The zero-order valence-electron chi connectivity index (χ0n) is 10.2. The molecule has 1 rings (SSSR count). The summed E-state index contributed by atoms with van der Waals surface area (Å²) >= 11 is 0. The van der Waals surface area contributed by atoms with Crippen LogP contribution in [0.4, 0.5) is 13.2 Å². The molecule has 0 spiro atoms. The molecule has 0 bridgehead atoms. The highest BCUT2D eigenvalue weighted by atomic mass is 19.4. The zero-order chi connectivity index (χ0) is 12.7. The number of nitrogens with zero attached hydrogens (tertiary/aromatic N) is 1. The summed E-state index contributed by atoms with van der Waals surface area (Å²) in [5.74, 6) is 0. The summed E-state index contributed by atoms with van der Waals surface area (Å²) in [5, 5.41) is 3.30. The van der Waals surface area contributed by atoms with Crippen LogP contribution in [0.1, 0.15) is 19.3 Å². The van der Waals surface area contributed by atoms with Gasteiger partial charge in [0.05, 0.1) is 13.0 Å². The molecule has 0 aliphatic carbocycles. The van der Waals surface area contributed by atoms with Crippen LogP contribution < -0.4 is 5.32 Å². The van der Waals surface area contributed by atoms with Crippen LogP contribution in [0, 0.1) is 0 Å². The summed E-state index contributed by atoms with van der Waals surface area (Å²) in [7, 11) is 1.57. The van der Waals surface area contributed by atoms with E-state index in [1.165, 1.54) is 0 Å². The Bertz CT molecular complexity index is 205. The van der Waals surface area contributed by atoms with E-state index in [1.54, 1.807) is 7.11 Å². The molecule has 102 valence electrons. The van der Waals surface area contributed by atoms with Gasteiger partial charge in [0.15, 0.2) is 0 Å². The van der Waals surface area contributed by atoms with Crippen molar-refractivity contribution < 1.29 is 17.9 Å². The highest BCUT2D eigenvalue weighted by Crippen LogP contribution is 2.20. The molecule has 1 atom stereocenters. The van der Waals surface area contributed by atoms with E-state index in [0.29, 0.717) is 25.7 Å². The molecule has 1 unspecified atom stereocenters. The van der Waals surface area contributed by atoms with Crippen molar-refractivity contribution in [1.82, 2.24) is 10.2 Å². The molecular weight excluding hydrogens is 233 g/mol. The third-order valence-electron chi connectivity index (χ3n) is 2.96. The topological polar surface area (TPSA) is 24.5 Å². The molecule has 0 radical (unpaired) electrons. The number of hydrogen-bond acceptors (Lipinski definition) is 3. The molecule has 6 heteroatoms. The molecule has 0 aromatic rings. The molecule has 0 aromatic carbocycles. The number of alkyl halides is 3. The number of methoxy groups -OCH3 is 1. The van der Waals surface area contributed by atoms with Gasteiger partial charge < -0.3 is 10.1 Å². The smallest absolute Gasteiger partial charge is 0.383 e. The highest BCUT2D eigenvalue weighted by molar-refractivity contribution is 4.78. The fourth-order valence-electron chi connectivity index (χ4n) is 2.02. The standard InChI is InChI=1S/C11H21F3N2O/c1-17-8-7-16(6-4-11(12,13)14)9-10-3-2-5-15-10/h10,15H,2-9H2,1H3. The van der Waals surface area contributed by atoms with Gasteiger partial charge in [0.2, 0.25) is 0 Å². The van der Waals surface area contributed by atoms with Crippen LogP contribution in [-0.2, 0) is 4.74 Å². The van der Waals surface area contributed by atoms with Crippen molar-refractivity contribution in [3.05, 3.63) is 0 Å². The van der Waals surface area contributed by atoms with Gasteiger partial charge in [-0.25, -0.2) is 0 Å². The van der Waals surface area contributed by atoms with E-state index < -0.39 is 12.6 Å². The van der Waals surface area contributed by atoms with Crippen molar-refractivity contribution in [1.29, 1.82) is 0 Å². The number of nitrogens with one attached hydrogen (secondary N) is 1. The molecule has 17 heavy (non-hydrogen) atoms. The van der Waals surface area contributed by atoms with Crippen molar-refractivity contribution >= 4 is 0 Å². The average Bonchev–Trinajstić information content (AvgIpc) is 2.73. The van der Waals surface area contributed by atoms with Gasteiger partial charge in [-0.05, 0) is 19.4 Å². The highest BCUT2D eigenvalue weighted by Gasteiger charge is 2.28. The lowest BCUT2D eigenvalue weighted by Crippen LogP contribution is -2.40. The van der Waals surface area contributed by atoms with Gasteiger partial charge in [-0.15, -0.1) is 0 Å². The van der Waals surface area contributed by atoms with E-state index in [9.17, 15) is 13.2 Å².